The van der Waals surface area contributed by atoms with Crippen LogP contribution in [0.4, 0.5) is 0 Å². The Balaban J connectivity index is 0.00000392. The Morgan fingerprint density at radius 2 is 2.11 bits per heavy atom. The smallest absolute Gasteiger partial charge is 0.248 e. The van der Waals surface area contributed by atoms with Crippen molar-refractivity contribution in [2.24, 2.45) is 16.6 Å². The van der Waals surface area contributed by atoms with Crippen molar-refractivity contribution in [1.29, 1.82) is 0 Å². The minimum atomic E-state index is -0.424. The molecule has 158 valence electrons. The average molecular weight is 504 g/mol. The highest BCUT2D eigenvalue weighted by Gasteiger charge is 2.13. The van der Waals surface area contributed by atoms with Crippen molar-refractivity contribution < 1.29 is 14.3 Å². The first kappa shape index (κ1) is 24.6. The normalized spacial score (nSPS) is 15.0. The van der Waals surface area contributed by atoms with Crippen LogP contribution in [0.2, 0.25) is 0 Å². The third-order valence-electron chi connectivity index (χ3n) is 4.43. The third kappa shape index (κ3) is 9.70. The SMILES string of the molecule is CCNC(=NCc1cccc(C(N)=O)c1)NCCCOCC1CCOCC1.I. The number of aliphatic imine (C=N–C) groups is 1. The van der Waals surface area contributed by atoms with Crippen molar-refractivity contribution in [3.05, 3.63) is 35.4 Å². The molecule has 28 heavy (non-hydrogen) atoms. The summed E-state index contributed by atoms with van der Waals surface area (Å²) >= 11 is 0. The van der Waals surface area contributed by atoms with E-state index in [1.807, 2.05) is 19.1 Å². The van der Waals surface area contributed by atoms with Crippen molar-refractivity contribution in [3.63, 3.8) is 0 Å². The van der Waals surface area contributed by atoms with E-state index in [0.29, 0.717) is 18.0 Å². The standard InChI is InChI=1S/C20H32N4O3.HI/c1-2-22-20(24-14-17-5-3-6-18(13-17)19(21)25)23-9-4-10-27-15-16-7-11-26-12-8-16;/h3,5-6,13,16H,2,4,7-12,14-15H2,1H3,(H2,21,25)(H2,22,23,24);1H. The van der Waals surface area contributed by atoms with E-state index in [4.69, 9.17) is 15.2 Å². The molecular weight excluding hydrogens is 471 g/mol. The molecule has 0 bridgehead atoms. The fraction of sp³-hybridized carbons (Fsp3) is 0.600. The predicted octanol–water partition coefficient (Wildman–Crippen LogP) is 2.29. The van der Waals surface area contributed by atoms with Gasteiger partial charge in [0.1, 0.15) is 0 Å². The Kier molecular flexibility index (Phi) is 12.8. The number of nitrogens with two attached hydrogens (primary N) is 1. The second-order valence-electron chi connectivity index (χ2n) is 6.67. The minimum Gasteiger partial charge on any atom is -0.381 e. The van der Waals surface area contributed by atoms with Crippen molar-refractivity contribution in [3.8, 4) is 0 Å². The van der Waals surface area contributed by atoms with Gasteiger partial charge in [-0.05, 0) is 49.8 Å². The maximum atomic E-state index is 11.3. The van der Waals surface area contributed by atoms with Crippen LogP contribution in [-0.2, 0) is 16.0 Å². The lowest BCUT2D eigenvalue weighted by atomic mass is 10.0. The summed E-state index contributed by atoms with van der Waals surface area (Å²) in [6.45, 7) is 7.38. The molecule has 0 aromatic heterocycles. The zero-order valence-corrected chi connectivity index (χ0v) is 18.9. The number of hydrogen-bond donors (Lipinski definition) is 3. The fourth-order valence-electron chi connectivity index (χ4n) is 2.88. The molecule has 0 unspecified atom stereocenters. The van der Waals surface area contributed by atoms with E-state index in [1.54, 1.807) is 12.1 Å². The van der Waals surface area contributed by atoms with Crippen molar-refractivity contribution in [2.75, 3.05) is 39.5 Å². The van der Waals surface area contributed by atoms with Gasteiger partial charge in [0.2, 0.25) is 5.91 Å². The molecule has 1 saturated heterocycles. The molecule has 2 rings (SSSR count). The molecule has 1 amide bonds. The maximum Gasteiger partial charge on any atom is 0.248 e. The highest BCUT2D eigenvalue weighted by atomic mass is 127. The van der Waals surface area contributed by atoms with Gasteiger partial charge in [-0.2, -0.15) is 0 Å². The van der Waals surface area contributed by atoms with E-state index in [0.717, 1.165) is 70.3 Å². The quantitative estimate of drug-likeness (QED) is 0.197. The lowest BCUT2D eigenvalue weighted by molar-refractivity contribution is 0.0203. The Labute approximate surface area is 184 Å². The number of benzene rings is 1. The molecule has 7 nitrogen and oxygen atoms in total. The van der Waals surface area contributed by atoms with Crippen LogP contribution in [0.5, 0.6) is 0 Å². The molecular formula is C20H33IN4O3. The van der Waals surface area contributed by atoms with Gasteiger partial charge < -0.3 is 25.8 Å². The van der Waals surface area contributed by atoms with Crippen molar-refractivity contribution >= 4 is 35.8 Å². The summed E-state index contributed by atoms with van der Waals surface area (Å²) < 4.78 is 11.1. The van der Waals surface area contributed by atoms with Crippen LogP contribution >= 0.6 is 24.0 Å². The molecule has 1 aliphatic heterocycles. The first-order valence-electron chi connectivity index (χ1n) is 9.75. The highest BCUT2D eigenvalue weighted by molar-refractivity contribution is 14.0. The molecule has 8 heteroatoms. The van der Waals surface area contributed by atoms with Gasteiger partial charge in [-0.1, -0.05) is 12.1 Å². The number of hydrogen-bond acceptors (Lipinski definition) is 4. The Morgan fingerprint density at radius 1 is 1.32 bits per heavy atom. The van der Waals surface area contributed by atoms with Crippen LogP contribution in [0.1, 0.15) is 42.1 Å². The van der Waals surface area contributed by atoms with E-state index in [9.17, 15) is 4.79 Å². The van der Waals surface area contributed by atoms with Crippen LogP contribution in [0, 0.1) is 5.92 Å². The number of carbonyl (C=O) groups excluding carboxylic acids is 1. The summed E-state index contributed by atoms with van der Waals surface area (Å²) in [7, 11) is 0. The van der Waals surface area contributed by atoms with Crippen LogP contribution in [0.3, 0.4) is 0 Å². The minimum absolute atomic E-state index is 0. The number of amides is 1. The van der Waals surface area contributed by atoms with Crippen molar-refractivity contribution in [2.45, 2.75) is 32.7 Å². The molecule has 0 spiro atoms. The molecule has 0 atom stereocenters. The summed E-state index contributed by atoms with van der Waals surface area (Å²) in [4.78, 5) is 15.8. The highest BCUT2D eigenvalue weighted by Crippen LogP contribution is 2.14. The second kappa shape index (κ2) is 14.6. The molecule has 0 radical (unpaired) electrons. The van der Waals surface area contributed by atoms with Gasteiger partial charge in [-0.3, -0.25) is 4.79 Å². The first-order valence-corrected chi connectivity index (χ1v) is 9.75. The summed E-state index contributed by atoms with van der Waals surface area (Å²) in [5.74, 6) is 0.972. The summed E-state index contributed by atoms with van der Waals surface area (Å²) in [5, 5.41) is 6.54. The summed E-state index contributed by atoms with van der Waals surface area (Å²) in [6, 6.07) is 7.24. The largest absolute Gasteiger partial charge is 0.381 e. The molecule has 1 aromatic carbocycles. The zero-order chi connectivity index (χ0) is 19.3. The van der Waals surface area contributed by atoms with Gasteiger partial charge >= 0.3 is 0 Å². The number of nitrogens with zero attached hydrogens (tertiary/aromatic N) is 1. The molecule has 0 saturated carbocycles. The molecule has 1 fully saturated rings. The fourth-order valence-corrected chi connectivity index (χ4v) is 2.88. The van der Waals surface area contributed by atoms with Crippen molar-refractivity contribution in [1.82, 2.24) is 10.6 Å². The van der Waals surface area contributed by atoms with Gasteiger partial charge in [0.05, 0.1) is 6.54 Å². The lowest BCUT2D eigenvalue weighted by Crippen LogP contribution is -2.38. The summed E-state index contributed by atoms with van der Waals surface area (Å²) in [5.41, 5.74) is 6.77. The Bertz CT molecular complexity index is 607. The first-order chi connectivity index (χ1) is 13.2. The van der Waals surface area contributed by atoms with Crippen LogP contribution in [-0.4, -0.2) is 51.4 Å². The number of nitrogens with one attached hydrogen (secondary N) is 2. The monoisotopic (exact) mass is 504 g/mol. The number of rotatable bonds is 10. The van der Waals surface area contributed by atoms with Gasteiger partial charge in [-0.25, -0.2) is 4.99 Å². The lowest BCUT2D eigenvalue weighted by Gasteiger charge is -2.21. The second-order valence-corrected chi connectivity index (χ2v) is 6.67. The summed E-state index contributed by atoms with van der Waals surface area (Å²) in [6.07, 6.45) is 3.13. The Hall–Kier alpha value is -1.39. The number of guanidine groups is 1. The maximum absolute atomic E-state index is 11.3. The van der Waals surface area contributed by atoms with Gasteiger partial charge in [-0.15, -0.1) is 24.0 Å². The van der Waals surface area contributed by atoms with Crippen LogP contribution in [0.25, 0.3) is 0 Å². The molecule has 1 aromatic rings. The number of halogens is 1. The van der Waals surface area contributed by atoms with Crippen LogP contribution in [0.15, 0.2) is 29.3 Å². The van der Waals surface area contributed by atoms with E-state index in [-0.39, 0.29) is 24.0 Å². The van der Waals surface area contributed by atoms with Gasteiger partial charge in [0.25, 0.3) is 0 Å². The molecule has 4 N–H and O–H groups in total. The molecule has 1 aliphatic rings. The topological polar surface area (TPSA) is 98.0 Å². The van der Waals surface area contributed by atoms with E-state index >= 15 is 0 Å². The van der Waals surface area contributed by atoms with E-state index in [1.165, 1.54) is 0 Å². The average Bonchev–Trinajstić information content (AvgIpc) is 2.69. The number of primary amides is 1. The van der Waals surface area contributed by atoms with Gasteiger partial charge in [0, 0.05) is 45.1 Å². The molecule has 1 heterocycles. The van der Waals surface area contributed by atoms with E-state index in [2.05, 4.69) is 15.6 Å². The molecule has 0 aliphatic carbocycles. The zero-order valence-electron chi connectivity index (χ0n) is 16.6. The van der Waals surface area contributed by atoms with Gasteiger partial charge in [0.15, 0.2) is 5.96 Å². The third-order valence-corrected chi connectivity index (χ3v) is 4.43. The predicted molar refractivity (Wildman–Crippen MR) is 122 cm³/mol. The number of ether oxygens (including phenoxy) is 2. The number of carbonyl (C=O) groups is 1. The van der Waals surface area contributed by atoms with Crippen LogP contribution < -0.4 is 16.4 Å². The van der Waals surface area contributed by atoms with E-state index < -0.39 is 5.91 Å². The Morgan fingerprint density at radius 3 is 2.82 bits per heavy atom.